The quantitative estimate of drug-likeness (QED) is 0.275. The minimum Gasteiger partial charge on any atom is -0.497 e. The molecule has 0 aliphatic rings. The molecule has 0 spiro atoms. The van der Waals surface area contributed by atoms with Crippen LogP contribution in [0.1, 0.15) is 25.5 Å². The zero-order valence-electron chi connectivity index (χ0n) is 19.2. The Labute approximate surface area is 194 Å². The number of carbonyl (C=O) groups is 1. The summed E-state index contributed by atoms with van der Waals surface area (Å²) >= 11 is 0. The van der Waals surface area contributed by atoms with Gasteiger partial charge in [0, 0.05) is 18.3 Å². The molecule has 1 heterocycles. The number of urea groups is 1. The highest BCUT2D eigenvalue weighted by Gasteiger charge is 2.11. The molecule has 2 amide bonds. The van der Waals surface area contributed by atoms with E-state index in [9.17, 15) is 4.79 Å². The number of amides is 2. The number of fused-ring (bicyclic) bond motifs is 1. The molecule has 7 heteroatoms. The van der Waals surface area contributed by atoms with E-state index >= 15 is 0 Å². The van der Waals surface area contributed by atoms with E-state index in [1.54, 1.807) is 13.2 Å². The molecule has 0 saturated heterocycles. The van der Waals surface area contributed by atoms with Crippen molar-refractivity contribution >= 4 is 34.3 Å². The third-order valence-corrected chi connectivity index (χ3v) is 4.83. The topological polar surface area (TPSA) is 88.2 Å². The van der Waals surface area contributed by atoms with Crippen LogP contribution in [0.4, 0.5) is 22.2 Å². The average molecular weight is 444 g/mol. The second-order valence-corrected chi connectivity index (χ2v) is 7.81. The minimum absolute atomic E-state index is 0.158. The molecule has 33 heavy (non-hydrogen) atoms. The molecule has 0 bridgehead atoms. The second kappa shape index (κ2) is 10.9. The van der Waals surface area contributed by atoms with Gasteiger partial charge in [-0.1, -0.05) is 63.4 Å². The molecule has 0 aliphatic carbocycles. The lowest BCUT2D eigenvalue weighted by atomic mass is 10.1. The van der Waals surface area contributed by atoms with Gasteiger partial charge < -0.3 is 15.4 Å². The Kier molecular flexibility index (Phi) is 7.81. The molecular weight excluding hydrogens is 414 g/mol. The van der Waals surface area contributed by atoms with E-state index in [0.29, 0.717) is 23.8 Å². The van der Waals surface area contributed by atoms with Crippen LogP contribution in [0.15, 0.2) is 85.2 Å². The summed E-state index contributed by atoms with van der Waals surface area (Å²) in [5.74, 6) is 1.51. The van der Waals surface area contributed by atoms with E-state index in [1.807, 2.05) is 68.5 Å². The molecule has 1 aromatic heterocycles. The number of hydrogen-bond acceptors (Lipinski definition) is 5. The van der Waals surface area contributed by atoms with E-state index < -0.39 is 6.03 Å². The van der Waals surface area contributed by atoms with E-state index in [0.717, 1.165) is 22.0 Å². The van der Waals surface area contributed by atoms with Crippen molar-refractivity contribution in [1.29, 1.82) is 0 Å². The Balaban J connectivity index is 1.68. The zero-order chi connectivity index (χ0) is 23.8. The van der Waals surface area contributed by atoms with Crippen molar-refractivity contribution in [3.05, 3.63) is 90.9 Å². The molecule has 7 nitrogen and oxygen atoms in total. The number of carbonyl (C=O) groups excluding carboxylic acids is 1. The first-order chi connectivity index (χ1) is 15.8. The standard InChI is InChI=1S/C26H29N5O2/c1-17(2)23-15-24(27-16-18(3)10-11-19(4)33-5)30-25(29-23)31-26(32)28-22-13-12-20-8-6-7-9-21(20)14-22/h6-15,17H,3-4,16H2,1-2,5H3,(H3,27,28,29,30,31,32)/b11-10-. The molecule has 0 unspecified atom stereocenters. The van der Waals surface area contributed by atoms with Crippen LogP contribution in [0.2, 0.25) is 0 Å². The van der Waals surface area contributed by atoms with E-state index in [4.69, 9.17) is 4.74 Å². The van der Waals surface area contributed by atoms with Crippen LogP contribution < -0.4 is 16.0 Å². The minimum atomic E-state index is -0.414. The van der Waals surface area contributed by atoms with Gasteiger partial charge in [-0.15, -0.1) is 0 Å². The van der Waals surface area contributed by atoms with Crippen LogP contribution in [0.25, 0.3) is 10.8 Å². The number of ether oxygens (including phenoxy) is 1. The number of nitrogens with one attached hydrogen (secondary N) is 3. The van der Waals surface area contributed by atoms with Gasteiger partial charge in [0.1, 0.15) is 11.6 Å². The molecule has 0 saturated carbocycles. The van der Waals surface area contributed by atoms with Gasteiger partial charge in [-0.3, -0.25) is 5.32 Å². The summed E-state index contributed by atoms with van der Waals surface area (Å²) in [6.07, 6.45) is 3.56. The summed E-state index contributed by atoms with van der Waals surface area (Å²) in [4.78, 5) is 21.5. The third kappa shape index (κ3) is 6.93. The number of nitrogens with zero attached hydrogens (tertiary/aromatic N) is 2. The second-order valence-electron chi connectivity index (χ2n) is 7.81. The number of methoxy groups -OCH3 is 1. The van der Waals surface area contributed by atoms with Crippen molar-refractivity contribution in [2.24, 2.45) is 0 Å². The van der Waals surface area contributed by atoms with E-state index in [2.05, 4.69) is 39.1 Å². The van der Waals surface area contributed by atoms with Crippen LogP contribution in [-0.2, 0) is 4.74 Å². The normalized spacial score (nSPS) is 10.9. The van der Waals surface area contributed by atoms with Gasteiger partial charge in [-0.25, -0.2) is 9.78 Å². The maximum absolute atomic E-state index is 12.6. The first-order valence-corrected chi connectivity index (χ1v) is 10.6. The molecule has 170 valence electrons. The van der Waals surface area contributed by atoms with E-state index in [-0.39, 0.29) is 11.9 Å². The van der Waals surface area contributed by atoms with E-state index in [1.165, 1.54) is 0 Å². The van der Waals surface area contributed by atoms with Gasteiger partial charge in [0.05, 0.1) is 12.8 Å². The van der Waals surface area contributed by atoms with Crippen molar-refractivity contribution in [2.45, 2.75) is 19.8 Å². The van der Waals surface area contributed by atoms with Crippen LogP contribution in [0, 0.1) is 0 Å². The Morgan fingerprint density at radius 2 is 1.79 bits per heavy atom. The highest BCUT2D eigenvalue weighted by molar-refractivity contribution is 6.00. The van der Waals surface area contributed by atoms with Crippen molar-refractivity contribution in [3.63, 3.8) is 0 Å². The van der Waals surface area contributed by atoms with Crippen LogP contribution >= 0.6 is 0 Å². The summed E-state index contributed by atoms with van der Waals surface area (Å²) in [5.41, 5.74) is 2.31. The number of benzene rings is 2. The lowest BCUT2D eigenvalue weighted by Gasteiger charge is -2.13. The lowest BCUT2D eigenvalue weighted by Crippen LogP contribution is -2.21. The molecular formula is C26H29N5O2. The average Bonchev–Trinajstić information content (AvgIpc) is 2.80. The first kappa shape index (κ1) is 23.5. The van der Waals surface area contributed by atoms with Gasteiger partial charge in [0.2, 0.25) is 5.95 Å². The van der Waals surface area contributed by atoms with Gasteiger partial charge in [-0.2, -0.15) is 4.98 Å². The molecule has 3 rings (SSSR count). The monoisotopic (exact) mass is 443 g/mol. The predicted molar refractivity (Wildman–Crippen MR) is 136 cm³/mol. The SMILES string of the molecule is C=C(/C=C\C(=C)OC)CNc1cc(C(C)C)nc(NC(=O)Nc2ccc3ccccc3c2)n1. The fourth-order valence-corrected chi connectivity index (χ4v) is 2.98. The maximum atomic E-state index is 12.6. The molecule has 0 atom stereocenters. The summed E-state index contributed by atoms with van der Waals surface area (Å²) in [5, 5.41) is 10.9. The molecule has 0 aliphatic heterocycles. The molecule has 0 radical (unpaired) electrons. The largest absolute Gasteiger partial charge is 0.497 e. The maximum Gasteiger partial charge on any atom is 0.326 e. The first-order valence-electron chi connectivity index (χ1n) is 10.6. The number of allylic oxidation sites excluding steroid dienone is 1. The molecule has 3 N–H and O–H groups in total. The number of anilines is 3. The lowest BCUT2D eigenvalue weighted by molar-refractivity contribution is 0.262. The third-order valence-electron chi connectivity index (χ3n) is 4.83. The molecule has 0 fully saturated rings. The summed E-state index contributed by atoms with van der Waals surface area (Å²) < 4.78 is 5.01. The summed E-state index contributed by atoms with van der Waals surface area (Å²) in [6, 6.07) is 15.2. The highest BCUT2D eigenvalue weighted by Crippen LogP contribution is 2.20. The van der Waals surface area contributed by atoms with Crippen molar-refractivity contribution in [3.8, 4) is 0 Å². The zero-order valence-corrected chi connectivity index (χ0v) is 19.2. The number of hydrogen-bond donors (Lipinski definition) is 3. The van der Waals surface area contributed by atoms with Crippen molar-refractivity contribution in [1.82, 2.24) is 9.97 Å². The van der Waals surface area contributed by atoms with Gasteiger partial charge in [0.15, 0.2) is 0 Å². The molecule has 3 aromatic rings. The fraction of sp³-hybridized carbons (Fsp3) is 0.192. The van der Waals surface area contributed by atoms with Crippen molar-refractivity contribution in [2.75, 3.05) is 29.6 Å². The van der Waals surface area contributed by atoms with Gasteiger partial charge in [-0.05, 0) is 40.5 Å². The Bertz CT molecular complexity index is 1200. The number of aromatic nitrogens is 2. The smallest absolute Gasteiger partial charge is 0.326 e. The van der Waals surface area contributed by atoms with Crippen LogP contribution in [-0.4, -0.2) is 29.7 Å². The molecule has 2 aromatic carbocycles. The van der Waals surface area contributed by atoms with Gasteiger partial charge in [0.25, 0.3) is 0 Å². The van der Waals surface area contributed by atoms with Gasteiger partial charge >= 0.3 is 6.03 Å². The Morgan fingerprint density at radius 1 is 1.03 bits per heavy atom. The Morgan fingerprint density at radius 3 is 2.52 bits per heavy atom. The van der Waals surface area contributed by atoms with Crippen LogP contribution in [0.3, 0.4) is 0 Å². The Hall–Kier alpha value is -4.13. The summed E-state index contributed by atoms with van der Waals surface area (Å²) in [6.45, 7) is 12.3. The van der Waals surface area contributed by atoms with Crippen LogP contribution in [0.5, 0.6) is 0 Å². The predicted octanol–water partition coefficient (Wildman–Crippen LogP) is 6.08. The fourth-order valence-electron chi connectivity index (χ4n) is 2.98. The van der Waals surface area contributed by atoms with Crippen molar-refractivity contribution < 1.29 is 9.53 Å². The highest BCUT2D eigenvalue weighted by atomic mass is 16.5. The number of rotatable bonds is 9. The summed E-state index contributed by atoms with van der Waals surface area (Å²) in [7, 11) is 1.56.